The number of hydrogen-bond donors (Lipinski definition) is 1. The lowest BCUT2D eigenvalue weighted by atomic mass is 10.1. The summed E-state index contributed by atoms with van der Waals surface area (Å²) in [6, 6.07) is 9.83. The van der Waals surface area contributed by atoms with Crippen LogP contribution in [0, 0.1) is 0 Å². The van der Waals surface area contributed by atoms with Crippen LogP contribution >= 0.6 is 23.2 Å². The molecule has 1 amide bonds. The van der Waals surface area contributed by atoms with E-state index in [1.807, 2.05) is 0 Å². The van der Waals surface area contributed by atoms with E-state index in [1.165, 1.54) is 20.3 Å². The van der Waals surface area contributed by atoms with E-state index in [2.05, 4.69) is 5.32 Å². The standard InChI is InChI=1S/C18H17Cl2NO5/c1-24-15-9-16(25-2)14(8-13(15)20)21-17(22)10-26-18(23)7-11-3-5-12(19)6-4-11/h3-6,8-9H,7,10H2,1-2H3,(H,21,22). The van der Waals surface area contributed by atoms with Crippen molar-refractivity contribution in [2.24, 2.45) is 0 Å². The molecular formula is C18H17Cl2NO5. The highest BCUT2D eigenvalue weighted by atomic mass is 35.5. The Labute approximate surface area is 160 Å². The van der Waals surface area contributed by atoms with Crippen molar-refractivity contribution in [1.29, 1.82) is 0 Å². The van der Waals surface area contributed by atoms with Gasteiger partial charge < -0.3 is 19.5 Å². The number of halogens is 2. The highest BCUT2D eigenvalue weighted by molar-refractivity contribution is 6.32. The molecule has 2 aromatic rings. The largest absolute Gasteiger partial charge is 0.495 e. The molecule has 2 rings (SSSR count). The van der Waals surface area contributed by atoms with Crippen LogP contribution in [0.4, 0.5) is 5.69 Å². The predicted octanol–water partition coefficient (Wildman–Crippen LogP) is 3.74. The number of esters is 1. The van der Waals surface area contributed by atoms with Gasteiger partial charge >= 0.3 is 5.97 Å². The Hall–Kier alpha value is -2.44. The first-order chi connectivity index (χ1) is 12.4. The number of nitrogens with one attached hydrogen (secondary N) is 1. The van der Waals surface area contributed by atoms with Crippen molar-refractivity contribution in [2.75, 3.05) is 26.1 Å². The van der Waals surface area contributed by atoms with E-state index in [0.717, 1.165) is 5.56 Å². The molecule has 0 saturated carbocycles. The summed E-state index contributed by atoms with van der Waals surface area (Å²) in [5.41, 5.74) is 1.08. The van der Waals surface area contributed by atoms with Gasteiger partial charge in [-0.05, 0) is 23.8 Å². The molecule has 0 saturated heterocycles. The third-order valence-corrected chi connectivity index (χ3v) is 3.92. The predicted molar refractivity (Wildman–Crippen MR) is 99.3 cm³/mol. The van der Waals surface area contributed by atoms with Gasteiger partial charge in [0.2, 0.25) is 0 Å². The number of methoxy groups -OCH3 is 2. The molecule has 2 aromatic carbocycles. The summed E-state index contributed by atoms with van der Waals surface area (Å²) < 4.78 is 15.3. The number of hydrogen-bond acceptors (Lipinski definition) is 5. The van der Waals surface area contributed by atoms with E-state index >= 15 is 0 Å². The second kappa shape index (κ2) is 9.31. The smallest absolute Gasteiger partial charge is 0.310 e. The first kappa shape index (κ1) is 19.9. The third kappa shape index (κ3) is 5.54. The average Bonchev–Trinajstić information content (AvgIpc) is 2.62. The van der Waals surface area contributed by atoms with Gasteiger partial charge in [0.1, 0.15) is 11.5 Å². The molecule has 0 bridgehead atoms. The van der Waals surface area contributed by atoms with Gasteiger partial charge in [-0.3, -0.25) is 9.59 Å². The third-order valence-electron chi connectivity index (χ3n) is 3.37. The fourth-order valence-corrected chi connectivity index (χ4v) is 2.48. The lowest BCUT2D eigenvalue weighted by molar-refractivity contribution is -0.146. The maximum atomic E-state index is 12.0. The highest BCUT2D eigenvalue weighted by Gasteiger charge is 2.14. The zero-order valence-electron chi connectivity index (χ0n) is 14.2. The van der Waals surface area contributed by atoms with Crippen molar-refractivity contribution in [3.63, 3.8) is 0 Å². The summed E-state index contributed by atoms with van der Waals surface area (Å²) in [5, 5.41) is 3.47. The zero-order valence-corrected chi connectivity index (χ0v) is 15.7. The molecule has 0 spiro atoms. The van der Waals surface area contributed by atoms with Crippen LogP contribution in [-0.2, 0) is 20.7 Å². The number of carbonyl (C=O) groups excluding carboxylic acids is 2. The van der Waals surface area contributed by atoms with Crippen molar-refractivity contribution >= 4 is 40.8 Å². The van der Waals surface area contributed by atoms with Crippen LogP contribution in [0.5, 0.6) is 11.5 Å². The minimum absolute atomic E-state index is 0.0438. The van der Waals surface area contributed by atoms with E-state index in [0.29, 0.717) is 27.2 Å². The van der Waals surface area contributed by atoms with Gasteiger partial charge in [0.15, 0.2) is 6.61 Å². The molecule has 0 radical (unpaired) electrons. The minimum atomic E-state index is -0.526. The topological polar surface area (TPSA) is 73.9 Å². The number of rotatable bonds is 7. The SMILES string of the molecule is COc1cc(OC)c(NC(=O)COC(=O)Cc2ccc(Cl)cc2)cc1Cl. The van der Waals surface area contributed by atoms with Crippen LogP contribution in [0.2, 0.25) is 10.0 Å². The molecule has 0 heterocycles. The van der Waals surface area contributed by atoms with Gasteiger partial charge in [-0.1, -0.05) is 35.3 Å². The maximum Gasteiger partial charge on any atom is 0.310 e. The van der Waals surface area contributed by atoms with Gasteiger partial charge in [-0.15, -0.1) is 0 Å². The fourth-order valence-electron chi connectivity index (χ4n) is 2.11. The van der Waals surface area contributed by atoms with E-state index in [1.54, 1.807) is 30.3 Å². The molecule has 0 aliphatic heterocycles. The van der Waals surface area contributed by atoms with Gasteiger partial charge in [0, 0.05) is 11.1 Å². The van der Waals surface area contributed by atoms with Crippen molar-refractivity contribution in [3.8, 4) is 11.5 Å². The average molecular weight is 398 g/mol. The molecule has 138 valence electrons. The quantitative estimate of drug-likeness (QED) is 0.720. The molecule has 0 aliphatic carbocycles. The van der Waals surface area contributed by atoms with Gasteiger partial charge in [-0.2, -0.15) is 0 Å². The number of ether oxygens (including phenoxy) is 3. The number of anilines is 1. The maximum absolute atomic E-state index is 12.0. The van der Waals surface area contributed by atoms with Crippen molar-refractivity contribution in [2.45, 2.75) is 6.42 Å². The normalized spacial score (nSPS) is 10.2. The second-order valence-electron chi connectivity index (χ2n) is 5.20. The Balaban J connectivity index is 1.91. The molecule has 0 atom stereocenters. The molecule has 6 nitrogen and oxygen atoms in total. The number of amides is 1. The van der Waals surface area contributed by atoms with Gasteiger partial charge in [0.25, 0.3) is 5.91 Å². The monoisotopic (exact) mass is 397 g/mol. The Morgan fingerprint density at radius 1 is 1.00 bits per heavy atom. The summed E-state index contributed by atoms with van der Waals surface area (Å²) >= 11 is 11.8. The van der Waals surface area contributed by atoms with Crippen molar-refractivity contribution < 1.29 is 23.8 Å². The van der Waals surface area contributed by atoms with E-state index in [9.17, 15) is 9.59 Å². The van der Waals surface area contributed by atoms with Crippen LogP contribution in [0.25, 0.3) is 0 Å². The molecule has 26 heavy (non-hydrogen) atoms. The van der Waals surface area contributed by atoms with Crippen molar-refractivity contribution in [3.05, 3.63) is 52.0 Å². The van der Waals surface area contributed by atoms with Crippen LogP contribution in [0.1, 0.15) is 5.56 Å². The molecule has 0 aromatic heterocycles. The first-order valence-corrected chi connectivity index (χ1v) is 8.30. The Morgan fingerprint density at radius 3 is 2.27 bits per heavy atom. The van der Waals surface area contributed by atoms with Gasteiger partial charge in [-0.25, -0.2) is 0 Å². The summed E-state index contributed by atoms with van der Waals surface area (Å²) in [4.78, 5) is 23.8. The first-order valence-electron chi connectivity index (χ1n) is 7.54. The molecule has 1 N–H and O–H groups in total. The Morgan fingerprint density at radius 2 is 1.65 bits per heavy atom. The van der Waals surface area contributed by atoms with E-state index < -0.39 is 18.5 Å². The Bertz CT molecular complexity index is 793. The number of carbonyl (C=O) groups is 2. The number of benzene rings is 2. The van der Waals surface area contributed by atoms with Gasteiger partial charge in [0.05, 0.1) is 31.4 Å². The van der Waals surface area contributed by atoms with Crippen LogP contribution < -0.4 is 14.8 Å². The lowest BCUT2D eigenvalue weighted by Gasteiger charge is -2.13. The van der Waals surface area contributed by atoms with E-state index in [4.69, 9.17) is 37.4 Å². The lowest BCUT2D eigenvalue weighted by Crippen LogP contribution is -2.22. The van der Waals surface area contributed by atoms with Crippen LogP contribution in [-0.4, -0.2) is 32.7 Å². The summed E-state index contributed by atoms with van der Waals surface area (Å²) in [6.07, 6.45) is 0.0438. The second-order valence-corrected chi connectivity index (χ2v) is 6.04. The van der Waals surface area contributed by atoms with E-state index in [-0.39, 0.29) is 6.42 Å². The molecule has 0 fully saturated rings. The molecule has 0 aliphatic rings. The summed E-state index contributed by atoms with van der Waals surface area (Å²) in [7, 11) is 2.92. The van der Waals surface area contributed by atoms with Crippen LogP contribution in [0.3, 0.4) is 0 Å². The molecule has 0 unspecified atom stereocenters. The summed E-state index contributed by atoms with van der Waals surface area (Å²) in [5.74, 6) is -0.265. The highest BCUT2D eigenvalue weighted by Crippen LogP contribution is 2.35. The Kier molecular flexibility index (Phi) is 7.12. The zero-order chi connectivity index (χ0) is 19.1. The van der Waals surface area contributed by atoms with Crippen molar-refractivity contribution in [1.82, 2.24) is 0 Å². The minimum Gasteiger partial charge on any atom is -0.495 e. The molecule has 8 heteroatoms. The fraction of sp³-hybridized carbons (Fsp3) is 0.222. The summed E-state index contributed by atoms with van der Waals surface area (Å²) in [6.45, 7) is -0.431. The molecular weight excluding hydrogens is 381 g/mol. The van der Waals surface area contributed by atoms with Crippen LogP contribution in [0.15, 0.2) is 36.4 Å².